The Labute approximate surface area is 259 Å². The summed E-state index contributed by atoms with van der Waals surface area (Å²) in [6, 6.07) is 32.6. The third-order valence-electron chi connectivity index (χ3n) is 7.53. The van der Waals surface area contributed by atoms with E-state index in [9.17, 15) is 13.2 Å². The molecule has 0 atom stereocenters. The van der Waals surface area contributed by atoms with E-state index in [1.54, 1.807) is 19.1 Å². The monoisotopic (exact) mass is 614 g/mol. The largest absolute Gasteiger partial charge is 0.485 e. The Bertz CT molecular complexity index is 1540. The lowest BCUT2D eigenvalue weighted by atomic mass is 10.1. The quantitative estimate of drug-likeness (QED) is 0.200. The highest BCUT2D eigenvalue weighted by Gasteiger charge is 2.28. The summed E-state index contributed by atoms with van der Waals surface area (Å²) in [5, 5.41) is 3.09. The van der Waals surface area contributed by atoms with Gasteiger partial charge in [-0.3, -0.25) is 4.79 Å². The number of piperidine rings is 1. The van der Waals surface area contributed by atoms with Crippen molar-refractivity contribution in [3.63, 3.8) is 0 Å². The van der Waals surface area contributed by atoms with Gasteiger partial charge < -0.3 is 19.5 Å². The van der Waals surface area contributed by atoms with Crippen LogP contribution in [0, 0.1) is 0 Å². The number of amides is 1. The lowest BCUT2D eigenvalue weighted by Crippen LogP contribution is -2.46. The molecule has 4 aromatic carbocycles. The fraction of sp³-hybridized carbons (Fsp3) is 0.286. The number of rotatable bonds is 13. The number of benzene rings is 4. The van der Waals surface area contributed by atoms with Crippen LogP contribution in [-0.4, -0.2) is 43.5 Å². The maximum Gasteiger partial charge on any atom is 0.251 e. The van der Waals surface area contributed by atoms with Gasteiger partial charge in [-0.25, -0.2) is 12.7 Å². The highest BCUT2D eigenvalue weighted by molar-refractivity contribution is 7.89. The summed E-state index contributed by atoms with van der Waals surface area (Å²) in [6.07, 6.45) is 1.08. The number of hydrogen-bond donors (Lipinski definition) is 1. The first-order chi connectivity index (χ1) is 21.4. The summed E-state index contributed by atoms with van der Waals surface area (Å²) < 4.78 is 45.0. The minimum atomic E-state index is -3.25. The van der Waals surface area contributed by atoms with Crippen LogP contribution in [-0.2, 0) is 29.8 Å². The molecule has 1 fully saturated rings. The standard InChI is InChI=1S/C35H38N2O6S/c1-2-44(39,40)37-20-18-31(19-21-37)36-35(38)30-22-32(41-24-27-12-6-3-7-13-27)34(43-26-29-16-10-5-11-17-29)33(23-30)42-25-28-14-8-4-9-15-28/h3-17,22-23,31H,2,18-21,24-26H2,1H3,(H,36,38). The Morgan fingerprint density at radius 2 is 1.16 bits per heavy atom. The first kappa shape index (κ1) is 31.1. The van der Waals surface area contributed by atoms with E-state index in [-0.39, 0.29) is 37.5 Å². The molecule has 9 heteroatoms. The van der Waals surface area contributed by atoms with E-state index in [0.717, 1.165) is 16.7 Å². The minimum Gasteiger partial charge on any atom is -0.485 e. The van der Waals surface area contributed by atoms with Gasteiger partial charge in [0.2, 0.25) is 15.8 Å². The Balaban J connectivity index is 1.42. The summed E-state index contributed by atoms with van der Waals surface area (Å²) in [7, 11) is -3.25. The van der Waals surface area contributed by atoms with Gasteiger partial charge in [0.15, 0.2) is 11.5 Å². The normalized spacial score (nSPS) is 14.1. The maximum absolute atomic E-state index is 13.6. The van der Waals surface area contributed by atoms with Crippen LogP contribution in [0.3, 0.4) is 0 Å². The van der Waals surface area contributed by atoms with E-state index in [1.807, 2.05) is 91.0 Å². The number of ether oxygens (including phenoxy) is 3. The highest BCUT2D eigenvalue weighted by atomic mass is 32.2. The molecule has 0 spiro atoms. The summed E-state index contributed by atoms with van der Waals surface area (Å²) in [5.41, 5.74) is 3.29. The molecule has 4 aromatic rings. The predicted molar refractivity (Wildman–Crippen MR) is 170 cm³/mol. The minimum absolute atomic E-state index is 0.0697. The first-order valence-corrected chi connectivity index (χ1v) is 16.5. The molecule has 1 saturated heterocycles. The maximum atomic E-state index is 13.6. The third kappa shape index (κ3) is 8.39. The van der Waals surface area contributed by atoms with Gasteiger partial charge in [-0.1, -0.05) is 91.0 Å². The Morgan fingerprint density at radius 1 is 0.727 bits per heavy atom. The molecule has 1 aliphatic rings. The molecule has 1 heterocycles. The van der Waals surface area contributed by atoms with Crippen molar-refractivity contribution in [1.82, 2.24) is 9.62 Å². The van der Waals surface area contributed by atoms with Gasteiger partial charge >= 0.3 is 0 Å². The van der Waals surface area contributed by atoms with Crippen molar-refractivity contribution < 1.29 is 27.4 Å². The smallest absolute Gasteiger partial charge is 0.251 e. The topological polar surface area (TPSA) is 94.2 Å². The van der Waals surface area contributed by atoms with E-state index < -0.39 is 10.0 Å². The predicted octanol–water partition coefficient (Wildman–Crippen LogP) is 5.97. The van der Waals surface area contributed by atoms with Crippen LogP contribution in [0.15, 0.2) is 103 Å². The Morgan fingerprint density at radius 3 is 1.59 bits per heavy atom. The van der Waals surface area contributed by atoms with E-state index in [0.29, 0.717) is 48.7 Å². The number of hydrogen-bond acceptors (Lipinski definition) is 6. The summed E-state index contributed by atoms with van der Waals surface area (Å²) in [6.45, 7) is 3.24. The lowest BCUT2D eigenvalue weighted by molar-refractivity contribution is 0.0922. The van der Waals surface area contributed by atoms with Crippen molar-refractivity contribution in [3.8, 4) is 17.2 Å². The molecule has 0 saturated carbocycles. The molecule has 8 nitrogen and oxygen atoms in total. The molecule has 1 amide bonds. The van der Waals surface area contributed by atoms with Gasteiger partial charge in [-0.15, -0.1) is 0 Å². The SMILES string of the molecule is CCS(=O)(=O)N1CCC(NC(=O)c2cc(OCc3ccccc3)c(OCc3ccccc3)c(OCc3ccccc3)c2)CC1. The van der Waals surface area contributed by atoms with Gasteiger partial charge in [0.05, 0.1) is 5.75 Å². The Kier molecular flexibility index (Phi) is 10.5. The van der Waals surface area contributed by atoms with Crippen LogP contribution in [0.5, 0.6) is 17.2 Å². The van der Waals surface area contributed by atoms with Gasteiger partial charge in [0.25, 0.3) is 5.91 Å². The summed E-state index contributed by atoms with van der Waals surface area (Å²) >= 11 is 0. The number of sulfonamides is 1. The molecule has 1 N–H and O–H groups in total. The molecule has 44 heavy (non-hydrogen) atoms. The molecule has 1 aliphatic heterocycles. The number of carbonyl (C=O) groups excluding carboxylic acids is 1. The van der Waals surface area contributed by atoms with E-state index in [2.05, 4.69) is 5.32 Å². The number of nitrogens with one attached hydrogen (secondary N) is 1. The molecule has 0 bridgehead atoms. The molecule has 0 aliphatic carbocycles. The van der Waals surface area contributed by atoms with Crippen molar-refractivity contribution in [2.45, 2.75) is 45.6 Å². The number of carbonyl (C=O) groups is 1. The molecule has 230 valence electrons. The van der Waals surface area contributed by atoms with Crippen LogP contribution in [0.4, 0.5) is 0 Å². The second-order valence-electron chi connectivity index (χ2n) is 10.7. The van der Waals surface area contributed by atoms with Crippen molar-refractivity contribution in [3.05, 3.63) is 125 Å². The van der Waals surface area contributed by atoms with E-state index >= 15 is 0 Å². The highest BCUT2D eigenvalue weighted by Crippen LogP contribution is 2.40. The number of nitrogens with zero attached hydrogens (tertiary/aromatic N) is 1. The molecule has 0 aromatic heterocycles. The lowest BCUT2D eigenvalue weighted by Gasteiger charge is -2.31. The van der Waals surface area contributed by atoms with Gasteiger partial charge in [-0.2, -0.15) is 0 Å². The van der Waals surface area contributed by atoms with Gasteiger partial charge in [-0.05, 0) is 48.6 Å². The average molecular weight is 615 g/mol. The van der Waals surface area contributed by atoms with Crippen molar-refractivity contribution in [1.29, 1.82) is 0 Å². The molecular weight excluding hydrogens is 576 g/mol. The van der Waals surface area contributed by atoms with Gasteiger partial charge in [0, 0.05) is 24.7 Å². The van der Waals surface area contributed by atoms with E-state index in [1.165, 1.54) is 4.31 Å². The van der Waals surface area contributed by atoms with E-state index in [4.69, 9.17) is 14.2 Å². The molecule has 0 radical (unpaired) electrons. The fourth-order valence-corrected chi connectivity index (χ4v) is 6.13. The van der Waals surface area contributed by atoms with Crippen molar-refractivity contribution in [2.75, 3.05) is 18.8 Å². The second kappa shape index (κ2) is 14.9. The zero-order valence-corrected chi connectivity index (χ0v) is 25.7. The molecule has 0 unspecified atom stereocenters. The average Bonchev–Trinajstić information content (AvgIpc) is 3.07. The van der Waals surface area contributed by atoms with Crippen LogP contribution >= 0.6 is 0 Å². The molecular formula is C35H38N2O6S. The zero-order valence-electron chi connectivity index (χ0n) is 24.9. The summed E-state index contributed by atoms with van der Waals surface area (Å²) in [4.78, 5) is 13.6. The second-order valence-corrected chi connectivity index (χ2v) is 12.9. The molecule has 5 rings (SSSR count). The fourth-order valence-electron chi connectivity index (χ4n) is 4.99. The summed E-state index contributed by atoms with van der Waals surface area (Å²) in [5.74, 6) is 0.981. The van der Waals surface area contributed by atoms with Crippen molar-refractivity contribution in [2.24, 2.45) is 0 Å². The van der Waals surface area contributed by atoms with Crippen LogP contribution in [0.1, 0.15) is 46.8 Å². The third-order valence-corrected chi connectivity index (χ3v) is 9.41. The van der Waals surface area contributed by atoms with Crippen LogP contribution < -0.4 is 19.5 Å². The zero-order chi connectivity index (χ0) is 30.8. The van der Waals surface area contributed by atoms with Crippen LogP contribution in [0.2, 0.25) is 0 Å². The van der Waals surface area contributed by atoms with Crippen molar-refractivity contribution >= 4 is 15.9 Å². The Hall–Kier alpha value is -4.34. The van der Waals surface area contributed by atoms with Gasteiger partial charge in [0.1, 0.15) is 19.8 Å². The first-order valence-electron chi connectivity index (χ1n) is 14.9. The van der Waals surface area contributed by atoms with Crippen LogP contribution in [0.25, 0.3) is 0 Å².